The minimum Gasteiger partial charge on any atom is -0.323 e. The number of hydrogen-bond donors (Lipinski definition) is 1. The normalized spacial score (nSPS) is 27.7. The number of carbonyl (C=O) groups excluding carboxylic acids is 2. The van der Waals surface area contributed by atoms with Crippen LogP contribution in [0, 0.1) is 5.92 Å². The van der Waals surface area contributed by atoms with E-state index in [1.54, 1.807) is 0 Å². The number of benzene rings is 1. The second-order valence-corrected chi connectivity index (χ2v) is 6.59. The zero-order valence-corrected chi connectivity index (χ0v) is 13.3. The maximum atomic E-state index is 13.1. The summed E-state index contributed by atoms with van der Waals surface area (Å²) < 4.78 is 39.4. The number of alkyl halides is 3. The van der Waals surface area contributed by atoms with E-state index < -0.39 is 29.2 Å². The molecule has 1 saturated heterocycles. The molecule has 2 aliphatic rings. The van der Waals surface area contributed by atoms with E-state index in [1.807, 2.05) is 6.92 Å². The van der Waals surface area contributed by atoms with Gasteiger partial charge in [0.05, 0.1) is 12.1 Å². The summed E-state index contributed by atoms with van der Waals surface area (Å²) in [6.07, 6.45) is -1.35. The molecule has 4 nitrogen and oxygen atoms in total. The summed E-state index contributed by atoms with van der Waals surface area (Å²) in [5.41, 5.74) is -1.85. The van der Waals surface area contributed by atoms with Crippen LogP contribution in [-0.2, 0) is 17.5 Å². The number of nitrogens with zero attached hydrogens (tertiary/aromatic N) is 1. The van der Waals surface area contributed by atoms with Gasteiger partial charge in [0.15, 0.2) is 0 Å². The first-order chi connectivity index (χ1) is 11.3. The van der Waals surface area contributed by atoms with E-state index in [-0.39, 0.29) is 18.0 Å². The number of urea groups is 1. The van der Waals surface area contributed by atoms with Gasteiger partial charge in [0.1, 0.15) is 5.54 Å². The van der Waals surface area contributed by atoms with Crippen molar-refractivity contribution in [1.82, 2.24) is 10.2 Å². The van der Waals surface area contributed by atoms with Crippen LogP contribution < -0.4 is 5.32 Å². The Morgan fingerprint density at radius 2 is 1.96 bits per heavy atom. The average molecular weight is 340 g/mol. The fourth-order valence-electron chi connectivity index (χ4n) is 3.74. The highest BCUT2D eigenvalue weighted by Gasteiger charge is 2.55. The van der Waals surface area contributed by atoms with Crippen LogP contribution in [0.1, 0.15) is 43.7 Å². The Bertz CT molecular complexity index is 674. The molecule has 130 valence electrons. The van der Waals surface area contributed by atoms with Crippen LogP contribution in [-0.4, -0.2) is 22.4 Å². The highest BCUT2D eigenvalue weighted by atomic mass is 19.4. The van der Waals surface area contributed by atoms with E-state index in [0.717, 1.165) is 30.2 Å². The third-order valence-electron chi connectivity index (χ3n) is 5.15. The van der Waals surface area contributed by atoms with Crippen molar-refractivity contribution >= 4 is 11.9 Å². The van der Waals surface area contributed by atoms with Crippen LogP contribution in [0.3, 0.4) is 0 Å². The maximum absolute atomic E-state index is 13.1. The zero-order valence-electron chi connectivity index (χ0n) is 13.3. The lowest BCUT2D eigenvalue weighted by Gasteiger charge is -2.36. The van der Waals surface area contributed by atoms with Crippen molar-refractivity contribution in [3.05, 3.63) is 35.4 Å². The summed E-state index contributed by atoms with van der Waals surface area (Å²) in [4.78, 5) is 26.0. The van der Waals surface area contributed by atoms with Gasteiger partial charge >= 0.3 is 12.2 Å². The molecule has 1 aliphatic carbocycles. The molecule has 1 saturated carbocycles. The predicted octanol–water partition coefficient (Wildman–Crippen LogP) is 3.71. The second-order valence-electron chi connectivity index (χ2n) is 6.59. The van der Waals surface area contributed by atoms with Gasteiger partial charge in [-0.25, -0.2) is 4.79 Å². The number of halogens is 3. The molecular formula is C17H19F3N2O2. The van der Waals surface area contributed by atoms with Crippen LogP contribution in [0.25, 0.3) is 0 Å². The largest absolute Gasteiger partial charge is 0.416 e. The molecule has 7 heteroatoms. The molecule has 24 heavy (non-hydrogen) atoms. The highest BCUT2D eigenvalue weighted by molar-refractivity contribution is 6.07. The lowest BCUT2D eigenvalue weighted by molar-refractivity contribution is -0.140. The number of carbonyl (C=O) groups is 2. The molecule has 1 aromatic rings. The molecule has 1 aromatic carbocycles. The number of hydrogen-bond acceptors (Lipinski definition) is 2. The van der Waals surface area contributed by atoms with Crippen molar-refractivity contribution in [1.29, 1.82) is 0 Å². The first-order valence-electron chi connectivity index (χ1n) is 8.05. The van der Waals surface area contributed by atoms with Gasteiger partial charge < -0.3 is 5.32 Å². The van der Waals surface area contributed by atoms with Crippen LogP contribution in [0.15, 0.2) is 24.3 Å². The van der Waals surface area contributed by atoms with Crippen molar-refractivity contribution < 1.29 is 22.8 Å². The monoisotopic (exact) mass is 340 g/mol. The van der Waals surface area contributed by atoms with Gasteiger partial charge in [-0.15, -0.1) is 0 Å². The molecule has 1 aliphatic heterocycles. The van der Waals surface area contributed by atoms with Crippen molar-refractivity contribution in [2.75, 3.05) is 0 Å². The lowest BCUT2D eigenvalue weighted by Crippen LogP contribution is -2.53. The average Bonchev–Trinajstić information content (AvgIpc) is 2.75. The number of imide groups is 1. The summed E-state index contributed by atoms with van der Waals surface area (Å²) in [7, 11) is 0. The third-order valence-corrected chi connectivity index (χ3v) is 5.15. The second kappa shape index (κ2) is 5.79. The third kappa shape index (κ3) is 2.65. The van der Waals surface area contributed by atoms with Gasteiger partial charge in [0.25, 0.3) is 5.91 Å². The Morgan fingerprint density at radius 1 is 1.25 bits per heavy atom. The molecule has 3 amide bonds. The summed E-state index contributed by atoms with van der Waals surface area (Å²) in [6.45, 7) is 1.54. The molecule has 0 aromatic heterocycles. The Kier molecular flexibility index (Phi) is 4.05. The van der Waals surface area contributed by atoms with Crippen molar-refractivity contribution in [3.63, 3.8) is 0 Å². The molecule has 0 radical (unpaired) electrons. The molecule has 2 atom stereocenters. The smallest absolute Gasteiger partial charge is 0.323 e. The molecule has 2 unspecified atom stereocenters. The van der Waals surface area contributed by atoms with E-state index in [2.05, 4.69) is 5.32 Å². The van der Waals surface area contributed by atoms with E-state index in [0.29, 0.717) is 6.42 Å². The van der Waals surface area contributed by atoms with Gasteiger partial charge in [-0.2, -0.15) is 13.2 Å². The Labute approximate surface area is 138 Å². The number of nitrogens with one attached hydrogen (secondary N) is 1. The Morgan fingerprint density at radius 3 is 2.62 bits per heavy atom. The fourth-order valence-corrected chi connectivity index (χ4v) is 3.74. The van der Waals surface area contributed by atoms with Crippen LogP contribution in [0.5, 0.6) is 0 Å². The Hall–Kier alpha value is -2.05. The van der Waals surface area contributed by atoms with E-state index in [1.165, 1.54) is 18.2 Å². The first kappa shape index (κ1) is 16.8. The van der Waals surface area contributed by atoms with Crippen LogP contribution in [0.4, 0.5) is 18.0 Å². The van der Waals surface area contributed by atoms with Crippen molar-refractivity contribution in [3.8, 4) is 0 Å². The SMILES string of the molecule is CC1CCCCC12NC(=O)N(Cc1ccccc1C(F)(F)F)C2=O. The van der Waals surface area contributed by atoms with Crippen molar-refractivity contribution in [2.24, 2.45) is 5.92 Å². The van der Waals surface area contributed by atoms with Gasteiger partial charge in [0.2, 0.25) is 0 Å². The fraction of sp³-hybridized carbons (Fsp3) is 0.529. The van der Waals surface area contributed by atoms with Crippen LogP contribution >= 0.6 is 0 Å². The molecular weight excluding hydrogens is 321 g/mol. The Balaban J connectivity index is 1.89. The van der Waals surface area contributed by atoms with Gasteiger partial charge in [0, 0.05) is 0 Å². The van der Waals surface area contributed by atoms with E-state index >= 15 is 0 Å². The summed E-state index contributed by atoms with van der Waals surface area (Å²) in [5.74, 6) is -0.428. The predicted molar refractivity (Wildman–Crippen MR) is 80.9 cm³/mol. The number of amides is 3. The quantitative estimate of drug-likeness (QED) is 0.835. The van der Waals surface area contributed by atoms with Gasteiger partial charge in [-0.3, -0.25) is 9.69 Å². The van der Waals surface area contributed by atoms with Gasteiger partial charge in [-0.05, 0) is 30.4 Å². The zero-order chi connectivity index (χ0) is 17.5. The summed E-state index contributed by atoms with van der Waals surface area (Å²) in [5, 5.41) is 2.75. The van der Waals surface area contributed by atoms with Crippen LogP contribution in [0.2, 0.25) is 0 Å². The molecule has 2 fully saturated rings. The van der Waals surface area contributed by atoms with E-state index in [4.69, 9.17) is 0 Å². The molecule has 1 N–H and O–H groups in total. The molecule has 1 heterocycles. The van der Waals surface area contributed by atoms with Gasteiger partial charge in [-0.1, -0.05) is 38.0 Å². The first-order valence-corrected chi connectivity index (χ1v) is 8.05. The molecule has 3 rings (SSSR count). The maximum Gasteiger partial charge on any atom is 0.416 e. The molecule has 0 bridgehead atoms. The topological polar surface area (TPSA) is 49.4 Å². The minimum atomic E-state index is -4.52. The van der Waals surface area contributed by atoms with E-state index in [9.17, 15) is 22.8 Å². The lowest BCUT2D eigenvalue weighted by atomic mass is 9.73. The summed E-state index contributed by atoms with van der Waals surface area (Å²) >= 11 is 0. The summed E-state index contributed by atoms with van der Waals surface area (Å²) in [6, 6.07) is 4.43. The number of rotatable bonds is 2. The van der Waals surface area contributed by atoms with Crippen molar-refractivity contribution in [2.45, 2.75) is 50.9 Å². The standard InChI is InChI=1S/C17H19F3N2O2/c1-11-6-4-5-9-16(11)14(23)22(15(24)21-16)10-12-7-2-3-8-13(12)17(18,19)20/h2-3,7-8,11H,4-6,9-10H2,1H3,(H,21,24). The molecule has 1 spiro atoms. The minimum absolute atomic E-state index is 0.0226. The highest BCUT2D eigenvalue weighted by Crippen LogP contribution is 2.39.